The van der Waals surface area contributed by atoms with E-state index in [0.717, 1.165) is 37.4 Å². The number of hydrogen-bond donors (Lipinski definition) is 2. The highest BCUT2D eigenvalue weighted by atomic mass is 16.6. The summed E-state index contributed by atoms with van der Waals surface area (Å²) in [7, 11) is 0.826. The number of ether oxygens (including phenoxy) is 1. The van der Waals surface area contributed by atoms with E-state index >= 15 is 0 Å². The minimum absolute atomic E-state index is 0.0974. The molecule has 1 aromatic heterocycles. The van der Waals surface area contributed by atoms with Gasteiger partial charge in [0.1, 0.15) is 17.3 Å². The van der Waals surface area contributed by atoms with Crippen LogP contribution in [0.3, 0.4) is 0 Å². The number of anilines is 1. The lowest BCUT2D eigenvalue weighted by molar-refractivity contribution is -0.384. The van der Waals surface area contributed by atoms with Gasteiger partial charge in [0, 0.05) is 18.2 Å². The summed E-state index contributed by atoms with van der Waals surface area (Å²) in [6.45, 7) is 0. The van der Waals surface area contributed by atoms with Gasteiger partial charge in [-0.3, -0.25) is 39.4 Å². The van der Waals surface area contributed by atoms with Gasteiger partial charge in [0.2, 0.25) is 5.78 Å². The number of ketones is 2. The summed E-state index contributed by atoms with van der Waals surface area (Å²) < 4.78 is 4.31. The molecule has 0 spiro atoms. The maximum absolute atomic E-state index is 12.9. The first-order chi connectivity index (χ1) is 16.5. The third-order valence-electron chi connectivity index (χ3n) is 4.67. The Morgan fingerprint density at radius 2 is 1.71 bits per heavy atom. The van der Waals surface area contributed by atoms with E-state index in [2.05, 4.69) is 14.7 Å². The zero-order chi connectivity index (χ0) is 25.9. The number of methoxy groups -OCH3 is 1. The second-order valence-corrected chi connectivity index (χ2v) is 6.79. The van der Waals surface area contributed by atoms with E-state index in [1.54, 1.807) is 0 Å². The number of nitro groups is 2. The Morgan fingerprint density at radius 3 is 2.34 bits per heavy atom. The van der Waals surface area contributed by atoms with Crippen LogP contribution in [0.5, 0.6) is 0 Å². The normalized spacial score (nSPS) is 11.3. The van der Waals surface area contributed by atoms with Gasteiger partial charge in [0.25, 0.3) is 28.6 Å². The lowest BCUT2D eigenvalue weighted by Gasteiger charge is -2.13. The maximum atomic E-state index is 12.9. The fourth-order valence-corrected chi connectivity index (χ4v) is 3.04. The van der Waals surface area contributed by atoms with Crippen LogP contribution in [0, 0.1) is 20.2 Å². The number of hydrogen-bond acceptors (Lipinski definition) is 11. The Bertz CT molecular complexity index is 1480. The molecule has 178 valence electrons. The van der Waals surface area contributed by atoms with E-state index in [9.17, 15) is 44.2 Å². The Balaban J connectivity index is 2.09. The molecule has 0 saturated heterocycles. The molecule has 2 aromatic carbocycles. The maximum Gasteiger partial charge on any atom is 0.375 e. The van der Waals surface area contributed by atoms with Crippen LogP contribution in [0.15, 0.2) is 47.3 Å². The highest BCUT2D eigenvalue weighted by Gasteiger charge is 2.41. The van der Waals surface area contributed by atoms with E-state index < -0.39 is 56.1 Å². The minimum atomic E-state index is -2.37. The molecule has 2 N–H and O–H groups in total. The van der Waals surface area contributed by atoms with Crippen LogP contribution in [0.4, 0.5) is 17.1 Å². The number of para-hydroxylation sites is 2. The lowest BCUT2D eigenvalue weighted by atomic mass is 9.94. The zero-order valence-corrected chi connectivity index (χ0v) is 17.5. The molecule has 3 aromatic rings. The Morgan fingerprint density at radius 1 is 1.03 bits per heavy atom. The van der Waals surface area contributed by atoms with Crippen LogP contribution in [-0.2, 0) is 23.9 Å². The molecule has 1 unspecified atom stereocenters. The van der Waals surface area contributed by atoms with Crippen LogP contribution in [0.1, 0.15) is 11.6 Å². The molecular formula is C20H13N5O10. The molecule has 35 heavy (non-hydrogen) atoms. The number of nitrogens with zero attached hydrogens (tertiary/aromatic N) is 3. The topological polar surface area (TPSA) is 222 Å². The number of carbonyl (C=O) groups excluding carboxylic acids is 4. The highest BCUT2D eigenvalue weighted by Crippen LogP contribution is 2.25. The van der Waals surface area contributed by atoms with Crippen molar-refractivity contribution in [3.8, 4) is 0 Å². The number of esters is 1. The van der Waals surface area contributed by atoms with Crippen molar-refractivity contribution < 1.29 is 33.8 Å². The van der Waals surface area contributed by atoms with Gasteiger partial charge in [-0.25, -0.2) is 9.78 Å². The minimum Gasteiger partial charge on any atom is -0.463 e. The number of aromatic amines is 1. The van der Waals surface area contributed by atoms with Gasteiger partial charge in [-0.15, -0.1) is 0 Å². The van der Waals surface area contributed by atoms with Crippen molar-refractivity contribution in [3.05, 3.63) is 78.7 Å². The molecule has 15 heteroatoms. The molecule has 15 nitrogen and oxygen atoms in total. The molecule has 0 radical (unpaired) electrons. The predicted octanol–water partition coefficient (Wildman–Crippen LogP) is 0.773. The Kier molecular flexibility index (Phi) is 6.70. The Hall–Kier alpha value is -5.34. The molecule has 1 heterocycles. The molecule has 3 rings (SSSR count). The fraction of sp³-hybridized carbons (Fsp3) is 0.100. The van der Waals surface area contributed by atoms with Gasteiger partial charge in [-0.1, -0.05) is 12.1 Å². The van der Waals surface area contributed by atoms with Crippen molar-refractivity contribution in [1.29, 1.82) is 0 Å². The number of benzene rings is 2. The average Bonchev–Trinajstić information content (AvgIpc) is 2.83. The summed E-state index contributed by atoms with van der Waals surface area (Å²) >= 11 is 0. The number of Topliss-reactive ketones (excluding diaryl/α,β-unsaturated/α-hetero) is 2. The molecule has 0 fully saturated rings. The van der Waals surface area contributed by atoms with Crippen LogP contribution in [0.2, 0.25) is 0 Å². The van der Waals surface area contributed by atoms with Crippen molar-refractivity contribution in [2.75, 3.05) is 12.4 Å². The van der Waals surface area contributed by atoms with Gasteiger partial charge in [-0.05, 0) is 12.1 Å². The number of nitro benzene ring substituents is 2. The van der Waals surface area contributed by atoms with Crippen LogP contribution in [-0.4, -0.2) is 50.4 Å². The number of nitrogens with one attached hydrogen (secondary N) is 2. The summed E-state index contributed by atoms with van der Waals surface area (Å²) in [6, 6.07) is 7.94. The summed E-state index contributed by atoms with van der Waals surface area (Å²) in [5, 5.41) is 24.1. The zero-order valence-electron chi connectivity index (χ0n) is 17.5. The van der Waals surface area contributed by atoms with Crippen LogP contribution >= 0.6 is 0 Å². The van der Waals surface area contributed by atoms with Crippen LogP contribution in [0.25, 0.3) is 11.0 Å². The number of non-ortho nitro benzene ring substituents is 1. The second kappa shape index (κ2) is 9.65. The summed E-state index contributed by atoms with van der Waals surface area (Å²) in [4.78, 5) is 89.3. The van der Waals surface area contributed by atoms with Crippen LogP contribution < -0.4 is 10.9 Å². The van der Waals surface area contributed by atoms with Crippen molar-refractivity contribution in [1.82, 2.24) is 9.97 Å². The van der Waals surface area contributed by atoms with Gasteiger partial charge >= 0.3 is 5.97 Å². The molecule has 0 aliphatic rings. The van der Waals surface area contributed by atoms with E-state index in [0.29, 0.717) is 0 Å². The standard InChI is InChI=1S/C20H13N5O10/c1-35-20(30)17(27)14(16(26)19(29)22-11-4-2-3-5-13(11)25(33)34)15-18(28)23-12-8-9(24(31)32)6-7-10(12)21-15/h2-8,14H,1H3,(H,22,29)(H,23,28). The van der Waals surface area contributed by atoms with Gasteiger partial charge in [0.15, 0.2) is 0 Å². The first-order valence-electron chi connectivity index (χ1n) is 9.44. The second-order valence-electron chi connectivity index (χ2n) is 6.79. The fourth-order valence-electron chi connectivity index (χ4n) is 3.04. The van der Waals surface area contributed by atoms with Gasteiger partial charge < -0.3 is 15.0 Å². The number of amides is 1. The predicted molar refractivity (Wildman–Crippen MR) is 116 cm³/mol. The first-order valence-corrected chi connectivity index (χ1v) is 9.44. The smallest absolute Gasteiger partial charge is 0.375 e. The summed E-state index contributed by atoms with van der Waals surface area (Å²) in [5.74, 6) is -8.71. The number of fused-ring (bicyclic) bond motifs is 1. The van der Waals surface area contributed by atoms with E-state index in [4.69, 9.17) is 0 Å². The van der Waals surface area contributed by atoms with Crippen molar-refractivity contribution >= 4 is 51.5 Å². The molecule has 1 amide bonds. The van der Waals surface area contributed by atoms with Crippen molar-refractivity contribution in [2.45, 2.75) is 5.92 Å². The summed E-state index contributed by atoms with van der Waals surface area (Å²) in [6.07, 6.45) is 0. The molecule has 0 aliphatic carbocycles. The monoisotopic (exact) mass is 483 g/mol. The third kappa shape index (κ3) is 4.87. The number of rotatable bonds is 8. The quantitative estimate of drug-likeness (QED) is 0.150. The average molecular weight is 483 g/mol. The molecule has 0 saturated carbocycles. The van der Waals surface area contributed by atoms with Crippen molar-refractivity contribution in [2.24, 2.45) is 0 Å². The van der Waals surface area contributed by atoms with E-state index in [-0.39, 0.29) is 22.4 Å². The largest absolute Gasteiger partial charge is 0.463 e. The number of H-pyrrole nitrogens is 1. The molecule has 0 bridgehead atoms. The number of carbonyl (C=O) groups is 4. The number of aromatic nitrogens is 2. The summed E-state index contributed by atoms with van der Waals surface area (Å²) in [5.41, 5.74) is -3.59. The van der Waals surface area contributed by atoms with Gasteiger partial charge in [0.05, 0.1) is 28.0 Å². The Labute approximate surface area is 193 Å². The molecule has 0 aliphatic heterocycles. The lowest BCUT2D eigenvalue weighted by Crippen LogP contribution is -2.39. The van der Waals surface area contributed by atoms with Crippen molar-refractivity contribution in [3.63, 3.8) is 0 Å². The SMILES string of the molecule is COC(=O)C(=O)C(C(=O)C(=O)Nc1ccccc1[N+](=O)[O-])c1nc2ccc([N+](=O)[O-])cc2[nH]c1=O. The molecule has 1 atom stereocenters. The van der Waals surface area contributed by atoms with E-state index in [1.807, 2.05) is 5.32 Å². The first kappa shape index (κ1) is 24.3. The molecular weight excluding hydrogens is 470 g/mol. The van der Waals surface area contributed by atoms with Gasteiger partial charge in [-0.2, -0.15) is 0 Å². The van der Waals surface area contributed by atoms with E-state index in [1.165, 1.54) is 12.1 Å². The highest BCUT2D eigenvalue weighted by molar-refractivity contribution is 6.52. The third-order valence-corrected chi connectivity index (χ3v) is 4.67.